The van der Waals surface area contributed by atoms with Gasteiger partial charge in [-0.1, -0.05) is 43.5 Å². The number of hydrogen-bond acceptors (Lipinski definition) is 2. The fraction of sp³-hybridized carbons (Fsp3) is 0.647. The van der Waals surface area contributed by atoms with Gasteiger partial charge in [-0.15, -0.1) is 0 Å². The topological polar surface area (TPSA) is 29.3 Å². The van der Waals surface area contributed by atoms with Crippen LogP contribution in [0.5, 0.6) is 0 Å². The van der Waals surface area contributed by atoms with Crippen molar-refractivity contribution in [1.29, 1.82) is 0 Å². The van der Waals surface area contributed by atoms with Crippen LogP contribution in [-0.4, -0.2) is 30.1 Å². The lowest BCUT2D eigenvalue weighted by atomic mass is 9.91. The van der Waals surface area contributed by atoms with Crippen molar-refractivity contribution in [1.82, 2.24) is 4.90 Å². The summed E-state index contributed by atoms with van der Waals surface area (Å²) in [6, 6.07) is 8.91. The molecule has 0 bridgehead atoms. The van der Waals surface area contributed by atoms with E-state index in [2.05, 4.69) is 29.2 Å². The van der Waals surface area contributed by atoms with E-state index in [4.69, 9.17) is 5.73 Å². The van der Waals surface area contributed by atoms with Crippen molar-refractivity contribution < 1.29 is 0 Å². The van der Waals surface area contributed by atoms with Gasteiger partial charge in [-0.25, -0.2) is 0 Å². The lowest BCUT2D eigenvalue weighted by Crippen LogP contribution is -2.55. The van der Waals surface area contributed by atoms with E-state index in [0.29, 0.717) is 0 Å². The van der Waals surface area contributed by atoms with Gasteiger partial charge in [-0.05, 0) is 49.9 Å². The second-order valence-electron chi connectivity index (χ2n) is 6.31. The number of nitrogens with zero attached hydrogens (tertiary/aromatic N) is 1. The molecule has 2 nitrogen and oxygen atoms in total. The maximum Gasteiger partial charge on any atom is 0.0412 e. The Morgan fingerprint density at radius 3 is 1.95 bits per heavy atom. The highest BCUT2D eigenvalue weighted by Crippen LogP contribution is 2.35. The number of rotatable bonds is 2. The third-order valence-corrected chi connectivity index (χ3v) is 5.06. The molecular formula is C17H26N2. The standard InChI is InChI=1S/C17H26N2/c18-14-17(19-10-6-2-1-3-7-11-19)12-15-8-4-5-9-16(15)13-17/h4-5,8-9H,1-3,6-7,10-14,18H2. The first-order chi connectivity index (χ1) is 9.34. The summed E-state index contributed by atoms with van der Waals surface area (Å²) in [5.74, 6) is 0. The zero-order chi connectivity index (χ0) is 13.1. The molecule has 0 amide bonds. The highest BCUT2D eigenvalue weighted by molar-refractivity contribution is 5.36. The number of nitrogens with two attached hydrogens (primary N) is 1. The van der Waals surface area contributed by atoms with Crippen LogP contribution in [0.2, 0.25) is 0 Å². The molecule has 1 aliphatic heterocycles. The zero-order valence-corrected chi connectivity index (χ0v) is 11.9. The van der Waals surface area contributed by atoms with Crippen LogP contribution in [0.15, 0.2) is 24.3 Å². The molecule has 2 N–H and O–H groups in total. The molecule has 0 spiro atoms. The lowest BCUT2D eigenvalue weighted by molar-refractivity contribution is 0.0919. The van der Waals surface area contributed by atoms with Gasteiger partial charge in [-0.2, -0.15) is 0 Å². The van der Waals surface area contributed by atoms with Gasteiger partial charge in [0, 0.05) is 12.1 Å². The van der Waals surface area contributed by atoms with Crippen LogP contribution in [0, 0.1) is 0 Å². The van der Waals surface area contributed by atoms with E-state index in [1.807, 2.05) is 0 Å². The molecule has 19 heavy (non-hydrogen) atoms. The normalized spacial score (nSPS) is 23.6. The summed E-state index contributed by atoms with van der Waals surface area (Å²) in [6.45, 7) is 3.28. The summed E-state index contributed by atoms with van der Waals surface area (Å²) in [4.78, 5) is 2.71. The second-order valence-corrected chi connectivity index (χ2v) is 6.31. The highest BCUT2D eigenvalue weighted by atomic mass is 15.2. The van der Waals surface area contributed by atoms with Gasteiger partial charge >= 0.3 is 0 Å². The predicted molar refractivity (Wildman–Crippen MR) is 80.3 cm³/mol. The third-order valence-electron chi connectivity index (χ3n) is 5.06. The minimum absolute atomic E-state index is 0.209. The van der Waals surface area contributed by atoms with Gasteiger partial charge in [-0.3, -0.25) is 4.90 Å². The summed E-state index contributed by atoms with van der Waals surface area (Å²) in [5, 5.41) is 0. The Bertz CT molecular complexity index is 394. The zero-order valence-electron chi connectivity index (χ0n) is 11.9. The SMILES string of the molecule is NCC1(N2CCCCCCC2)Cc2ccccc2C1. The minimum Gasteiger partial charge on any atom is -0.329 e. The van der Waals surface area contributed by atoms with Crippen LogP contribution in [-0.2, 0) is 12.8 Å². The van der Waals surface area contributed by atoms with Crippen LogP contribution in [0.25, 0.3) is 0 Å². The minimum atomic E-state index is 0.209. The molecule has 1 aliphatic carbocycles. The van der Waals surface area contributed by atoms with Crippen molar-refractivity contribution in [3.8, 4) is 0 Å². The Balaban J connectivity index is 1.80. The van der Waals surface area contributed by atoms with Crippen molar-refractivity contribution in [3.05, 3.63) is 35.4 Å². The Hall–Kier alpha value is -0.860. The first-order valence-corrected chi connectivity index (χ1v) is 7.86. The van der Waals surface area contributed by atoms with E-state index < -0.39 is 0 Å². The monoisotopic (exact) mass is 258 g/mol. The fourth-order valence-corrected chi connectivity index (χ4v) is 3.89. The molecule has 0 saturated carbocycles. The lowest BCUT2D eigenvalue weighted by Gasteiger charge is -2.41. The molecule has 2 aliphatic rings. The van der Waals surface area contributed by atoms with Crippen molar-refractivity contribution in [3.63, 3.8) is 0 Å². The molecule has 1 saturated heterocycles. The van der Waals surface area contributed by atoms with Crippen molar-refractivity contribution in [2.24, 2.45) is 5.73 Å². The number of hydrogen-bond donors (Lipinski definition) is 1. The van der Waals surface area contributed by atoms with Gasteiger partial charge in [0.15, 0.2) is 0 Å². The van der Waals surface area contributed by atoms with E-state index in [0.717, 1.165) is 19.4 Å². The third kappa shape index (κ3) is 2.56. The van der Waals surface area contributed by atoms with E-state index in [1.165, 1.54) is 56.3 Å². The Morgan fingerprint density at radius 2 is 1.42 bits per heavy atom. The molecular weight excluding hydrogens is 232 g/mol. The van der Waals surface area contributed by atoms with Crippen LogP contribution >= 0.6 is 0 Å². The molecule has 1 aromatic carbocycles. The van der Waals surface area contributed by atoms with E-state index in [1.54, 1.807) is 0 Å². The van der Waals surface area contributed by atoms with Gasteiger partial charge in [0.2, 0.25) is 0 Å². The van der Waals surface area contributed by atoms with Crippen molar-refractivity contribution in [2.45, 2.75) is 50.5 Å². The van der Waals surface area contributed by atoms with Gasteiger partial charge < -0.3 is 5.73 Å². The maximum atomic E-state index is 6.23. The molecule has 3 rings (SSSR count). The number of benzene rings is 1. The van der Waals surface area contributed by atoms with E-state index >= 15 is 0 Å². The molecule has 0 aromatic heterocycles. The van der Waals surface area contributed by atoms with E-state index in [9.17, 15) is 0 Å². The highest BCUT2D eigenvalue weighted by Gasteiger charge is 2.40. The second kappa shape index (κ2) is 5.64. The molecule has 2 heteroatoms. The Kier molecular flexibility index (Phi) is 3.90. The van der Waals surface area contributed by atoms with Crippen LogP contribution in [0.3, 0.4) is 0 Å². The largest absolute Gasteiger partial charge is 0.329 e. The maximum absolute atomic E-state index is 6.23. The number of likely N-dealkylation sites (tertiary alicyclic amines) is 1. The van der Waals surface area contributed by atoms with Crippen LogP contribution in [0.4, 0.5) is 0 Å². The molecule has 1 aromatic rings. The van der Waals surface area contributed by atoms with Crippen molar-refractivity contribution >= 4 is 0 Å². The molecule has 0 unspecified atom stereocenters. The fourth-order valence-electron chi connectivity index (χ4n) is 3.89. The number of fused-ring (bicyclic) bond motifs is 1. The van der Waals surface area contributed by atoms with Gasteiger partial charge in [0.1, 0.15) is 0 Å². The smallest absolute Gasteiger partial charge is 0.0412 e. The first-order valence-electron chi connectivity index (χ1n) is 7.86. The summed E-state index contributed by atoms with van der Waals surface area (Å²) < 4.78 is 0. The van der Waals surface area contributed by atoms with Crippen LogP contribution in [0.1, 0.15) is 43.2 Å². The Morgan fingerprint density at radius 1 is 0.895 bits per heavy atom. The Labute approximate surface area is 117 Å². The summed E-state index contributed by atoms with van der Waals surface area (Å²) in [5.41, 5.74) is 9.48. The quantitative estimate of drug-likeness (QED) is 0.884. The van der Waals surface area contributed by atoms with E-state index in [-0.39, 0.29) is 5.54 Å². The molecule has 1 fully saturated rings. The summed E-state index contributed by atoms with van der Waals surface area (Å²) in [6.07, 6.45) is 9.20. The summed E-state index contributed by atoms with van der Waals surface area (Å²) >= 11 is 0. The van der Waals surface area contributed by atoms with Gasteiger partial charge in [0.05, 0.1) is 0 Å². The molecule has 1 heterocycles. The predicted octanol–water partition coefficient (Wildman–Crippen LogP) is 2.75. The summed E-state index contributed by atoms with van der Waals surface area (Å²) in [7, 11) is 0. The first kappa shape index (κ1) is 13.1. The van der Waals surface area contributed by atoms with Gasteiger partial charge in [0.25, 0.3) is 0 Å². The average molecular weight is 258 g/mol. The van der Waals surface area contributed by atoms with Crippen molar-refractivity contribution in [2.75, 3.05) is 19.6 Å². The molecule has 0 atom stereocenters. The average Bonchev–Trinajstić information content (AvgIpc) is 2.78. The molecule has 104 valence electrons. The molecule has 0 radical (unpaired) electrons. The van der Waals surface area contributed by atoms with Crippen LogP contribution < -0.4 is 5.73 Å².